The minimum Gasteiger partial charge on any atom is -0.316 e. The van der Waals surface area contributed by atoms with Gasteiger partial charge in [0.15, 0.2) is 0 Å². The summed E-state index contributed by atoms with van der Waals surface area (Å²) >= 11 is 0. The number of nitrogens with one attached hydrogen (secondary N) is 3. The molecule has 152 valence electrons. The van der Waals surface area contributed by atoms with E-state index >= 15 is 0 Å². The fourth-order valence-electron chi connectivity index (χ4n) is 3.93. The third-order valence-electron chi connectivity index (χ3n) is 5.40. The van der Waals surface area contributed by atoms with E-state index in [4.69, 9.17) is 0 Å². The average molecular weight is 417 g/mol. The molecule has 7 nitrogen and oxygen atoms in total. The smallest absolute Gasteiger partial charge is 0.314 e. The number of rotatable bonds is 5. The zero-order valence-electron chi connectivity index (χ0n) is 15.4. The van der Waals surface area contributed by atoms with Crippen LogP contribution in [0.1, 0.15) is 37.3 Å². The molecule has 0 aliphatic heterocycles. The van der Waals surface area contributed by atoms with E-state index in [9.17, 15) is 22.4 Å². The lowest BCUT2D eigenvalue weighted by Crippen LogP contribution is -2.33. The van der Waals surface area contributed by atoms with E-state index in [2.05, 4.69) is 14.7 Å². The SMILES string of the molecule is O=c1[nH]c2ccc(S(=O)(=O)NC(c3ccccc3F)C3CCCC3)cc2[nH]c1=O. The summed E-state index contributed by atoms with van der Waals surface area (Å²) in [5, 5.41) is 0. The van der Waals surface area contributed by atoms with E-state index in [1.165, 1.54) is 24.3 Å². The van der Waals surface area contributed by atoms with Gasteiger partial charge in [0.05, 0.1) is 22.0 Å². The molecule has 0 radical (unpaired) electrons. The van der Waals surface area contributed by atoms with Crippen LogP contribution < -0.4 is 15.8 Å². The Bertz CT molecular complexity index is 1280. The molecule has 1 saturated carbocycles. The van der Waals surface area contributed by atoms with Gasteiger partial charge < -0.3 is 9.97 Å². The summed E-state index contributed by atoms with van der Waals surface area (Å²) in [6.07, 6.45) is 3.57. The van der Waals surface area contributed by atoms with E-state index in [0.717, 1.165) is 25.7 Å². The zero-order valence-corrected chi connectivity index (χ0v) is 16.3. The monoisotopic (exact) mass is 417 g/mol. The molecule has 0 saturated heterocycles. The van der Waals surface area contributed by atoms with E-state index in [-0.39, 0.29) is 16.3 Å². The normalized spacial score (nSPS) is 16.3. The molecule has 1 aliphatic rings. The molecule has 1 aromatic heterocycles. The summed E-state index contributed by atoms with van der Waals surface area (Å²) in [7, 11) is -4.01. The Kier molecular flexibility index (Phi) is 5.10. The van der Waals surface area contributed by atoms with Gasteiger partial charge in [-0.15, -0.1) is 0 Å². The first-order chi connectivity index (χ1) is 13.8. The van der Waals surface area contributed by atoms with Crippen LogP contribution in [0.4, 0.5) is 4.39 Å². The first-order valence-electron chi connectivity index (χ1n) is 9.38. The van der Waals surface area contributed by atoms with Crippen molar-refractivity contribution in [3.63, 3.8) is 0 Å². The third-order valence-corrected chi connectivity index (χ3v) is 6.84. The highest BCUT2D eigenvalue weighted by atomic mass is 32.2. The van der Waals surface area contributed by atoms with Gasteiger partial charge >= 0.3 is 11.1 Å². The van der Waals surface area contributed by atoms with E-state index in [1.54, 1.807) is 18.2 Å². The molecule has 2 aromatic carbocycles. The van der Waals surface area contributed by atoms with Crippen molar-refractivity contribution in [3.8, 4) is 0 Å². The van der Waals surface area contributed by atoms with Crippen molar-refractivity contribution < 1.29 is 12.8 Å². The zero-order chi connectivity index (χ0) is 20.6. The first-order valence-corrected chi connectivity index (χ1v) is 10.9. The minimum atomic E-state index is -4.01. The molecule has 1 fully saturated rings. The highest BCUT2D eigenvalue weighted by Gasteiger charge is 2.32. The average Bonchev–Trinajstić information content (AvgIpc) is 3.22. The Morgan fingerprint density at radius 2 is 1.62 bits per heavy atom. The molecule has 0 amide bonds. The van der Waals surface area contributed by atoms with Crippen molar-refractivity contribution in [1.82, 2.24) is 14.7 Å². The van der Waals surface area contributed by atoms with Crippen LogP contribution in [0.15, 0.2) is 56.9 Å². The molecule has 4 rings (SSSR count). The first kappa shape index (κ1) is 19.5. The highest BCUT2D eigenvalue weighted by Crippen LogP contribution is 2.37. The van der Waals surface area contributed by atoms with Gasteiger partial charge in [0.1, 0.15) is 5.82 Å². The number of benzene rings is 2. The van der Waals surface area contributed by atoms with Crippen molar-refractivity contribution >= 4 is 21.1 Å². The summed E-state index contributed by atoms with van der Waals surface area (Å²) in [6, 6.07) is 9.52. The van der Waals surface area contributed by atoms with Gasteiger partial charge in [0.25, 0.3) is 0 Å². The van der Waals surface area contributed by atoms with Gasteiger partial charge in [-0.3, -0.25) is 9.59 Å². The quantitative estimate of drug-likeness (QED) is 0.554. The highest BCUT2D eigenvalue weighted by molar-refractivity contribution is 7.89. The van der Waals surface area contributed by atoms with Crippen LogP contribution in [0, 0.1) is 11.7 Å². The second-order valence-electron chi connectivity index (χ2n) is 7.28. The summed E-state index contributed by atoms with van der Waals surface area (Å²) in [5.41, 5.74) is -0.848. The van der Waals surface area contributed by atoms with Crippen LogP contribution >= 0.6 is 0 Å². The predicted molar refractivity (Wildman–Crippen MR) is 107 cm³/mol. The van der Waals surface area contributed by atoms with Crippen LogP contribution in [0.5, 0.6) is 0 Å². The van der Waals surface area contributed by atoms with Gasteiger partial charge in [0.2, 0.25) is 10.0 Å². The lowest BCUT2D eigenvalue weighted by atomic mass is 9.92. The summed E-state index contributed by atoms with van der Waals surface area (Å²) in [6.45, 7) is 0. The number of aromatic amines is 2. The standard InChI is InChI=1S/C20H20FN3O4S/c21-15-8-4-3-7-14(15)18(12-5-1-2-6-12)24-29(27,28)13-9-10-16-17(11-13)23-20(26)19(25)22-16/h3-4,7-12,18,24H,1-2,5-6H2,(H,22,25)(H,23,26). The van der Waals surface area contributed by atoms with Crippen LogP contribution in [-0.2, 0) is 10.0 Å². The molecule has 1 aliphatic carbocycles. The van der Waals surface area contributed by atoms with Crippen LogP contribution in [0.25, 0.3) is 11.0 Å². The molecule has 29 heavy (non-hydrogen) atoms. The van der Waals surface area contributed by atoms with Crippen LogP contribution in [0.3, 0.4) is 0 Å². The number of hydrogen-bond acceptors (Lipinski definition) is 4. The number of aromatic nitrogens is 2. The maximum Gasteiger partial charge on any atom is 0.314 e. The molecule has 1 atom stereocenters. The molecular formula is C20H20FN3O4S. The van der Waals surface area contributed by atoms with Crippen molar-refractivity contribution in [3.05, 3.63) is 74.6 Å². The number of hydrogen-bond donors (Lipinski definition) is 3. The Morgan fingerprint density at radius 3 is 2.31 bits per heavy atom. The maximum absolute atomic E-state index is 14.5. The fourth-order valence-corrected chi connectivity index (χ4v) is 5.24. The topological polar surface area (TPSA) is 112 Å². The van der Waals surface area contributed by atoms with Crippen molar-refractivity contribution in [2.24, 2.45) is 5.92 Å². The van der Waals surface area contributed by atoms with Gasteiger partial charge in [-0.05, 0) is 43.0 Å². The Morgan fingerprint density at radius 1 is 0.966 bits per heavy atom. The number of halogens is 1. The molecule has 1 heterocycles. The van der Waals surface area contributed by atoms with Gasteiger partial charge in [-0.1, -0.05) is 31.0 Å². The van der Waals surface area contributed by atoms with E-state index in [1.807, 2.05) is 0 Å². The molecular weight excluding hydrogens is 397 g/mol. The number of sulfonamides is 1. The number of H-pyrrole nitrogens is 2. The van der Waals surface area contributed by atoms with Crippen LogP contribution in [0.2, 0.25) is 0 Å². The largest absolute Gasteiger partial charge is 0.316 e. The number of fused-ring (bicyclic) bond motifs is 1. The molecule has 9 heteroatoms. The van der Waals surface area contributed by atoms with Crippen molar-refractivity contribution in [2.75, 3.05) is 0 Å². The van der Waals surface area contributed by atoms with Crippen molar-refractivity contribution in [2.45, 2.75) is 36.6 Å². The Balaban J connectivity index is 1.74. The minimum absolute atomic E-state index is 0.00158. The van der Waals surface area contributed by atoms with Crippen molar-refractivity contribution in [1.29, 1.82) is 0 Å². The van der Waals surface area contributed by atoms with Crippen LogP contribution in [-0.4, -0.2) is 18.4 Å². The molecule has 0 spiro atoms. The second-order valence-corrected chi connectivity index (χ2v) is 8.99. The summed E-state index contributed by atoms with van der Waals surface area (Å²) in [5.74, 6) is -0.453. The van der Waals surface area contributed by atoms with Gasteiger partial charge in [0, 0.05) is 5.56 Å². The molecule has 1 unspecified atom stereocenters. The maximum atomic E-state index is 14.5. The predicted octanol–water partition coefficient (Wildman–Crippen LogP) is 2.57. The second kappa shape index (κ2) is 7.57. The van der Waals surface area contributed by atoms with Gasteiger partial charge in [-0.25, -0.2) is 17.5 Å². The molecule has 3 aromatic rings. The Hall–Kier alpha value is -2.78. The lowest BCUT2D eigenvalue weighted by molar-refractivity contribution is 0.397. The Labute approximate surface area is 166 Å². The lowest BCUT2D eigenvalue weighted by Gasteiger charge is -2.25. The molecule has 0 bridgehead atoms. The van der Waals surface area contributed by atoms with E-state index < -0.39 is 33.0 Å². The summed E-state index contributed by atoms with van der Waals surface area (Å²) in [4.78, 5) is 27.7. The summed E-state index contributed by atoms with van der Waals surface area (Å²) < 4.78 is 43.3. The fraction of sp³-hybridized carbons (Fsp3) is 0.300. The van der Waals surface area contributed by atoms with E-state index in [0.29, 0.717) is 11.1 Å². The van der Waals surface area contributed by atoms with Gasteiger partial charge in [-0.2, -0.15) is 0 Å². The third kappa shape index (κ3) is 3.88. The molecule has 3 N–H and O–H groups in total.